The summed E-state index contributed by atoms with van der Waals surface area (Å²) in [7, 11) is 0. The maximum absolute atomic E-state index is 12.1. The van der Waals surface area contributed by atoms with Crippen LogP contribution in [0.15, 0.2) is 22.0 Å². The van der Waals surface area contributed by atoms with Crippen molar-refractivity contribution in [3.05, 3.63) is 34.1 Å². The molecular weight excluding hydrogens is 274 g/mol. The molecule has 1 atom stereocenters. The van der Waals surface area contributed by atoms with Crippen LogP contribution in [0.25, 0.3) is 0 Å². The van der Waals surface area contributed by atoms with Crippen LogP contribution in [0, 0.1) is 0 Å². The number of hydrogen-bond donors (Lipinski definition) is 0. The van der Waals surface area contributed by atoms with Crippen LogP contribution in [0.3, 0.4) is 0 Å². The van der Waals surface area contributed by atoms with E-state index in [0.29, 0.717) is 31.3 Å². The molecule has 1 saturated carbocycles. The van der Waals surface area contributed by atoms with E-state index in [0.717, 1.165) is 18.7 Å². The predicted molar refractivity (Wildman–Crippen MR) is 73.4 cm³/mol. The molecule has 2 aromatic heterocycles. The second kappa shape index (κ2) is 4.70. The van der Waals surface area contributed by atoms with Gasteiger partial charge in [-0.05, 0) is 24.3 Å². The Kier molecular flexibility index (Phi) is 2.84. The molecule has 1 aliphatic heterocycles. The molecule has 1 unspecified atom stereocenters. The first kappa shape index (κ1) is 12.1. The van der Waals surface area contributed by atoms with E-state index >= 15 is 0 Å². The van der Waals surface area contributed by atoms with Gasteiger partial charge in [0.2, 0.25) is 11.8 Å². The van der Waals surface area contributed by atoms with Gasteiger partial charge in [0.25, 0.3) is 0 Å². The summed E-state index contributed by atoms with van der Waals surface area (Å²) in [6.45, 7) is 1.37. The normalized spacial score (nSPS) is 22.7. The minimum Gasteiger partial charge on any atom is -0.339 e. The molecule has 2 aromatic rings. The summed E-state index contributed by atoms with van der Waals surface area (Å²) in [6.07, 6.45) is 2.80. The number of amides is 1. The maximum Gasteiger partial charge on any atom is 0.232 e. The number of rotatable bonds is 4. The summed E-state index contributed by atoms with van der Waals surface area (Å²) >= 11 is 1.68. The van der Waals surface area contributed by atoms with Gasteiger partial charge in [0, 0.05) is 23.8 Å². The first-order chi connectivity index (χ1) is 9.79. The predicted octanol–water partition coefficient (Wildman–Crippen LogP) is 2.52. The molecule has 0 N–H and O–H groups in total. The van der Waals surface area contributed by atoms with Crippen molar-refractivity contribution in [3.63, 3.8) is 0 Å². The summed E-state index contributed by atoms with van der Waals surface area (Å²) in [5, 5.41) is 6.07. The van der Waals surface area contributed by atoms with Gasteiger partial charge in [0.05, 0.1) is 12.5 Å². The lowest BCUT2D eigenvalue weighted by molar-refractivity contribution is -0.128. The number of thiophene rings is 1. The average Bonchev–Trinajstić information content (AvgIpc) is 2.89. The van der Waals surface area contributed by atoms with Crippen molar-refractivity contribution < 1.29 is 9.32 Å². The number of hydrogen-bond acceptors (Lipinski definition) is 5. The Morgan fingerprint density at radius 2 is 2.30 bits per heavy atom. The smallest absolute Gasteiger partial charge is 0.232 e. The Labute approximate surface area is 120 Å². The average molecular weight is 289 g/mol. The second-order valence-electron chi connectivity index (χ2n) is 5.52. The topological polar surface area (TPSA) is 59.2 Å². The lowest BCUT2D eigenvalue weighted by atomic mass is 10.1. The molecule has 20 heavy (non-hydrogen) atoms. The van der Waals surface area contributed by atoms with E-state index in [-0.39, 0.29) is 11.8 Å². The van der Waals surface area contributed by atoms with Crippen molar-refractivity contribution in [3.8, 4) is 0 Å². The molecule has 104 valence electrons. The zero-order valence-corrected chi connectivity index (χ0v) is 11.8. The van der Waals surface area contributed by atoms with Crippen LogP contribution < -0.4 is 0 Å². The summed E-state index contributed by atoms with van der Waals surface area (Å²) in [5.74, 6) is 2.18. The molecule has 2 aliphatic rings. The fourth-order valence-electron chi connectivity index (χ4n) is 2.60. The number of likely N-dealkylation sites (tertiary alicyclic amines) is 1. The highest BCUT2D eigenvalue weighted by Gasteiger charge is 2.36. The Hall–Kier alpha value is -1.69. The first-order valence-corrected chi connectivity index (χ1v) is 7.81. The van der Waals surface area contributed by atoms with Gasteiger partial charge < -0.3 is 9.42 Å². The molecule has 1 amide bonds. The third-order valence-corrected chi connectivity index (χ3v) is 4.75. The summed E-state index contributed by atoms with van der Waals surface area (Å²) in [5.41, 5.74) is 0. The Balaban J connectivity index is 1.46. The number of aromatic nitrogens is 2. The fourth-order valence-corrected chi connectivity index (χ4v) is 3.32. The highest BCUT2D eigenvalue weighted by atomic mass is 32.1. The van der Waals surface area contributed by atoms with E-state index in [2.05, 4.69) is 16.2 Å². The summed E-state index contributed by atoms with van der Waals surface area (Å²) < 4.78 is 5.34. The van der Waals surface area contributed by atoms with Crippen molar-refractivity contribution >= 4 is 17.2 Å². The zero-order chi connectivity index (χ0) is 13.5. The third-order valence-electron chi connectivity index (χ3n) is 3.89. The van der Waals surface area contributed by atoms with Crippen molar-refractivity contribution in [2.75, 3.05) is 6.54 Å². The molecule has 1 aliphatic carbocycles. The van der Waals surface area contributed by atoms with Crippen LogP contribution in [0.5, 0.6) is 0 Å². The van der Waals surface area contributed by atoms with E-state index in [1.165, 1.54) is 4.88 Å². The Morgan fingerprint density at radius 1 is 1.40 bits per heavy atom. The lowest BCUT2D eigenvalue weighted by Crippen LogP contribution is -2.23. The Bertz CT molecular complexity index is 618. The minimum atomic E-state index is 0.0578. The quantitative estimate of drug-likeness (QED) is 0.867. The zero-order valence-electron chi connectivity index (χ0n) is 11.0. The highest BCUT2D eigenvalue weighted by Crippen LogP contribution is 2.39. The van der Waals surface area contributed by atoms with Gasteiger partial charge in [0.15, 0.2) is 5.82 Å². The van der Waals surface area contributed by atoms with Crippen LogP contribution >= 0.6 is 11.3 Å². The fraction of sp³-hybridized carbons (Fsp3) is 0.500. The van der Waals surface area contributed by atoms with Gasteiger partial charge in [-0.2, -0.15) is 4.98 Å². The van der Waals surface area contributed by atoms with Gasteiger partial charge in [-0.1, -0.05) is 11.2 Å². The molecule has 0 aromatic carbocycles. The molecule has 6 heteroatoms. The minimum absolute atomic E-state index is 0.0578. The van der Waals surface area contributed by atoms with E-state index in [1.807, 2.05) is 16.3 Å². The molecule has 0 radical (unpaired) electrons. The van der Waals surface area contributed by atoms with Crippen molar-refractivity contribution in [2.24, 2.45) is 0 Å². The molecule has 3 heterocycles. The maximum atomic E-state index is 12.1. The third kappa shape index (κ3) is 2.24. The van der Waals surface area contributed by atoms with Crippen LogP contribution in [0.1, 0.15) is 47.7 Å². The van der Waals surface area contributed by atoms with Crippen molar-refractivity contribution in [1.82, 2.24) is 15.0 Å². The molecule has 5 nitrogen and oxygen atoms in total. The van der Waals surface area contributed by atoms with E-state index < -0.39 is 0 Å². The monoisotopic (exact) mass is 289 g/mol. The summed E-state index contributed by atoms with van der Waals surface area (Å²) in [6, 6.07) is 4.07. The van der Waals surface area contributed by atoms with Gasteiger partial charge >= 0.3 is 0 Å². The van der Waals surface area contributed by atoms with E-state index in [1.54, 1.807) is 11.3 Å². The van der Waals surface area contributed by atoms with Gasteiger partial charge in [-0.25, -0.2) is 0 Å². The standard InChI is InChI=1S/C14H15N3O2S/c18-12-6-10(7-17(12)8-11-2-1-5-20-11)14-15-13(16-19-14)9-3-4-9/h1-2,5,9-10H,3-4,6-8H2. The molecular formula is C14H15N3O2S. The number of carbonyl (C=O) groups is 1. The number of nitrogens with zero attached hydrogens (tertiary/aromatic N) is 3. The Morgan fingerprint density at radius 3 is 3.05 bits per heavy atom. The van der Waals surface area contributed by atoms with Crippen LogP contribution in [0.4, 0.5) is 0 Å². The second-order valence-corrected chi connectivity index (χ2v) is 6.55. The molecule has 2 fully saturated rings. The first-order valence-electron chi connectivity index (χ1n) is 6.93. The molecule has 0 spiro atoms. The van der Waals surface area contributed by atoms with Crippen molar-refractivity contribution in [2.45, 2.75) is 37.6 Å². The van der Waals surface area contributed by atoms with E-state index in [4.69, 9.17) is 4.52 Å². The number of carbonyl (C=O) groups excluding carboxylic acids is 1. The molecule has 1 saturated heterocycles. The largest absolute Gasteiger partial charge is 0.339 e. The van der Waals surface area contributed by atoms with Gasteiger partial charge in [-0.3, -0.25) is 4.79 Å². The molecule has 0 bridgehead atoms. The van der Waals surface area contributed by atoms with Crippen LogP contribution in [0.2, 0.25) is 0 Å². The van der Waals surface area contributed by atoms with Crippen LogP contribution in [-0.2, 0) is 11.3 Å². The van der Waals surface area contributed by atoms with Gasteiger partial charge in [-0.15, -0.1) is 11.3 Å². The van der Waals surface area contributed by atoms with E-state index in [9.17, 15) is 4.79 Å². The SMILES string of the molecule is O=C1CC(c2nc(C3CC3)no2)CN1Cc1cccs1. The highest BCUT2D eigenvalue weighted by molar-refractivity contribution is 7.09. The van der Waals surface area contributed by atoms with Crippen molar-refractivity contribution in [1.29, 1.82) is 0 Å². The lowest BCUT2D eigenvalue weighted by Gasteiger charge is -2.14. The summed E-state index contributed by atoms with van der Waals surface area (Å²) in [4.78, 5) is 19.6. The molecule has 4 rings (SSSR count). The van der Waals surface area contributed by atoms with Crippen LogP contribution in [-0.4, -0.2) is 27.5 Å². The van der Waals surface area contributed by atoms with Gasteiger partial charge in [0.1, 0.15) is 0 Å².